The molecule has 0 amide bonds. The summed E-state index contributed by atoms with van der Waals surface area (Å²) >= 11 is 0. The van der Waals surface area contributed by atoms with Gasteiger partial charge in [0, 0.05) is 12.4 Å². The molecule has 0 aliphatic rings. The molecular formula is C11H9N3O3S. The Kier molecular flexibility index (Phi) is 3.33. The Morgan fingerprint density at radius 3 is 2.22 bits per heavy atom. The third-order valence-electron chi connectivity index (χ3n) is 2.09. The summed E-state index contributed by atoms with van der Waals surface area (Å²) in [6.07, 6.45) is 3.06. The van der Waals surface area contributed by atoms with Crippen LogP contribution in [0.5, 0.6) is 0 Å². The van der Waals surface area contributed by atoms with Crippen LogP contribution in [-0.4, -0.2) is 24.7 Å². The summed E-state index contributed by atoms with van der Waals surface area (Å²) in [6, 6.07) is 7.87. The van der Waals surface area contributed by atoms with Crippen molar-refractivity contribution in [1.82, 2.24) is 9.97 Å². The zero-order valence-electron chi connectivity index (χ0n) is 9.15. The second kappa shape index (κ2) is 4.92. The van der Waals surface area contributed by atoms with Crippen LogP contribution in [0.15, 0.2) is 47.6 Å². The van der Waals surface area contributed by atoms with Crippen molar-refractivity contribution in [3.63, 3.8) is 0 Å². The molecule has 0 aliphatic heterocycles. The molecule has 18 heavy (non-hydrogen) atoms. The zero-order valence-corrected chi connectivity index (χ0v) is 9.96. The minimum Gasteiger partial charge on any atom is -0.298 e. The molecule has 92 valence electrons. The van der Waals surface area contributed by atoms with Crippen LogP contribution in [0, 0.1) is 0 Å². The SMILES string of the molecule is O=Cc1cnc(NS(=O)(=O)c2ccccc2)nc1. The minimum absolute atomic E-state index is 0.0792. The summed E-state index contributed by atoms with van der Waals surface area (Å²) in [5, 5.41) is 0. The highest BCUT2D eigenvalue weighted by Crippen LogP contribution is 2.11. The lowest BCUT2D eigenvalue weighted by Crippen LogP contribution is -2.14. The highest BCUT2D eigenvalue weighted by molar-refractivity contribution is 7.92. The fourth-order valence-corrected chi connectivity index (χ4v) is 2.21. The molecule has 1 aromatic heterocycles. The van der Waals surface area contributed by atoms with E-state index >= 15 is 0 Å². The number of nitrogens with zero attached hydrogens (tertiary/aromatic N) is 2. The van der Waals surface area contributed by atoms with Gasteiger partial charge in [0.05, 0.1) is 10.5 Å². The molecule has 0 radical (unpaired) electrons. The molecule has 2 aromatic rings. The molecule has 1 heterocycles. The van der Waals surface area contributed by atoms with E-state index in [4.69, 9.17) is 0 Å². The number of aldehydes is 1. The van der Waals surface area contributed by atoms with Gasteiger partial charge in [-0.1, -0.05) is 18.2 Å². The van der Waals surface area contributed by atoms with Crippen molar-refractivity contribution in [3.05, 3.63) is 48.3 Å². The molecule has 0 saturated carbocycles. The summed E-state index contributed by atoms with van der Waals surface area (Å²) < 4.78 is 26.0. The van der Waals surface area contributed by atoms with E-state index in [0.29, 0.717) is 6.29 Å². The van der Waals surface area contributed by atoms with Crippen LogP contribution < -0.4 is 4.72 Å². The van der Waals surface area contributed by atoms with Gasteiger partial charge in [-0.3, -0.25) is 4.79 Å². The largest absolute Gasteiger partial charge is 0.298 e. The van der Waals surface area contributed by atoms with Crippen LogP contribution >= 0.6 is 0 Å². The fourth-order valence-electron chi connectivity index (χ4n) is 1.23. The Morgan fingerprint density at radius 2 is 1.67 bits per heavy atom. The quantitative estimate of drug-likeness (QED) is 0.834. The minimum atomic E-state index is -3.70. The number of benzene rings is 1. The Balaban J connectivity index is 2.25. The van der Waals surface area contributed by atoms with Gasteiger partial charge in [0.2, 0.25) is 5.95 Å². The molecule has 7 heteroatoms. The average molecular weight is 263 g/mol. The molecule has 1 N–H and O–H groups in total. The highest BCUT2D eigenvalue weighted by Gasteiger charge is 2.14. The monoisotopic (exact) mass is 263 g/mol. The number of hydrogen-bond acceptors (Lipinski definition) is 5. The summed E-state index contributed by atoms with van der Waals surface area (Å²) in [5.74, 6) is -0.0792. The van der Waals surface area contributed by atoms with Crippen LogP contribution in [0.4, 0.5) is 5.95 Å². The van der Waals surface area contributed by atoms with E-state index in [2.05, 4.69) is 14.7 Å². The van der Waals surface area contributed by atoms with E-state index in [-0.39, 0.29) is 16.4 Å². The smallest absolute Gasteiger partial charge is 0.264 e. The van der Waals surface area contributed by atoms with E-state index in [1.807, 2.05) is 0 Å². The van der Waals surface area contributed by atoms with E-state index in [9.17, 15) is 13.2 Å². The third-order valence-corrected chi connectivity index (χ3v) is 3.43. The fraction of sp³-hybridized carbons (Fsp3) is 0. The van der Waals surface area contributed by atoms with E-state index in [1.54, 1.807) is 18.2 Å². The van der Waals surface area contributed by atoms with E-state index < -0.39 is 10.0 Å². The standard InChI is InChI=1S/C11H9N3O3S/c15-8-9-6-12-11(13-7-9)14-18(16,17)10-4-2-1-3-5-10/h1-8H,(H,12,13,14). The summed E-state index contributed by atoms with van der Waals surface area (Å²) in [4.78, 5) is 18.0. The normalized spacial score (nSPS) is 10.9. The number of sulfonamides is 1. The van der Waals surface area contributed by atoms with Crippen LogP contribution in [-0.2, 0) is 10.0 Å². The Bertz CT molecular complexity index is 639. The molecule has 0 atom stereocenters. The number of aromatic nitrogens is 2. The maximum Gasteiger partial charge on any atom is 0.264 e. The first-order chi connectivity index (χ1) is 8.62. The van der Waals surface area contributed by atoms with Crippen molar-refractivity contribution >= 4 is 22.3 Å². The number of anilines is 1. The number of carbonyl (C=O) groups is 1. The molecular weight excluding hydrogens is 254 g/mol. The first-order valence-electron chi connectivity index (χ1n) is 4.97. The highest BCUT2D eigenvalue weighted by atomic mass is 32.2. The lowest BCUT2D eigenvalue weighted by molar-refractivity contribution is 0.112. The van der Waals surface area contributed by atoms with Gasteiger partial charge in [0.15, 0.2) is 6.29 Å². The van der Waals surface area contributed by atoms with E-state index in [1.165, 1.54) is 24.5 Å². The van der Waals surface area contributed by atoms with Gasteiger partial charge in [0.1, 0.15) is 0 Å². The molecule has 0 aliphatic carbocycles. The van der Waals surface area contributed by atoms with Crippen LogP contribution in [0.25, 0.3) is 0 Å². The first-order valence-corrected chi connectivity index (χ1v) is 6.45. The van der Waals surface area contributed by atoms with Gasteiger partial charge >= 0.3 is 0 Å². The predicted octanol–water partition coefficient (Wildman–Crippen LogP) is 1.09. The molecule has 0 bridgehead atoms. The Labute approximate surface area is 104 Å². The lowest BCUT2D eigenvalue weighted by Gasteiger charge is -2.05. The molecule has 6 nitrogen and oxygen atoms in total. The average Bonchev–Trinajstić information content (AvgIpc) is 2.40. The number of carbonyl (C=O) groups excluding carboxylic acids is 1. The van der Waals surface area contributed by atoms with Gasteiger partial charge in [-0.2, -0.15) is 0 Å². The maximum atomic E-state index is 11.9. The van der Waals surface area contributed by atoms with Gasteiger partial charge < -0.3 is 0 Å². The van der Waals surface area contributed by atoms with Crippen molar-refractivity contribution < 1.29 is 13.2 Å². The van der Waals surface area contributed by atoms with Gasteiger partial charge in [-0.15, -0.1) is 0 Å². The number of hydrogen-bond donors (Lipinski definition) is 1. The van der Waals surface area contributed by atoms with Crippen LogP contribution in [0.3, 0.4) is 0 Å². The van der Waals surface area contributed by atoms with Crippen molar-refractivity contribution in [3.8, 4) is 0 Å². The summed E-state index contributed by atoms with van der Waals surface area (Å²) in [5.41, 5.74) is 0.276. The van der Waals surface area contributed by atoms with Crippen LogP contribution in [0.1, 0.15) is 10.4 Å². The molecule has 0 unspecified atom stereocenters. The molecule has 0 saturated heterocycles. The van der Waals surface area contributed by atoms with Gasteiger partial charge in [-0.25, -0.2) is 23.1 Å². The van der Waals surface area contributed by atoms with Crippen molar-refractivity contribution in [2.24, 2.45) is 0 Å². The Hall–Kier alpha value is -2.28. The zero-order chi connectivity index (χ0) is 13.0. The summed E-state index contributed by atoms with van der Waals surface area (Å²) in [7, 11) is -3.70. The van der Waals surface area contributed by atoms with E-state index in [0.717, 1.165) is 0 Å². The molecule has 0 fully saturated rings. The lowest BCUT2D eigenvalue weighted by atomic mass is 10.4. The van der Waals surface area contributed by atoms with Crippen molar-refractivity contribution in [1.29, 1.82) is 0 Å². The second-order valence-corrected chi connectivity index (χ2v) is 5.06. The molecule has 1 aromatic carbocycles. The maximum absolute atomic E-state index is 11.9. The first kappa shape index (κ1) is 12.2. The topological polar surface area (TPSA) is 89.0 Å². The second-order valence-electron chi connectivity index (χ2n) is 3.38. The molecule has 2 rings (SSSR count). The predicted molar refractivity (Wildman–Crippen MR) is 64.7 cm³/mol. The third kappa shape index (κ3) is 2.69. The summed E-state index contributed by atoms with van der Waals surface area (Å²) in [6.45, 7) is 0. The van der Waals surface area contributed by atoms with Crippen molar-refractivity contribution in [2.45, 2.75) is 4.90 Å². The van der Waals surface area contributed by atoms with Crippen LogP contribution in [0.2, 0.25) is 0 Å². The Morgan fingerprint density at radius 1 is 1.06 bits per heavy atom. The number of nitrogens with one attached hydrogen (secondary N) is 1. The number of rotatable bonds is 4. The molecule has 0 spiro atoms. The van der Waals surface area contributed by atoms with Gasteiger partial charge in [-0.05, 0) is 12.1 Å². The van der Waals surface area contributed by atoms with Crippen molar-refractivity contribution in [2.75, 3.05) is 4.72 Å². The van der Waals surface area contributed by atoms with Gasteiger partial charge in [0.25, 0.3) is 10.0 Å².